The zero-order valence-electron chi connectivity index (χ0n) is 47.3. The van der Waals surface area contributed by atoms with Crippen molar-refractivity contribution in [3.05, 3.63) is 123 Å². The SMILES string of the molecule is C=C1c2sccc2C=CN1[C@H]1CC(O)[C@@H](COP(=O)(O)OP(=O)(O)OP(=O)(O)O)O1.Cc1cc2ccccc2cc1[C@H]1CC(O)[C@@H](COP(=O)(O)OP(=O)(O)OP(=O)(O)O)O1.Cc1ccc2c(=S)n([C@H]3CC(O)[C@@H](COP(=O)(O)OP(=O)(O)OP(=O)(O)O)O3)ccc2c1. The first-order valence-electron chi connectivity index (χ1n) is 25.9. The number of aliphatic hydroxyl groups is 3. The van der Waals surface area contributed by atoms with Crippen LogP contribution in [0.15, 0.2) is 91.1 Å². The highest BCUT2D eigenvalue weighted by Crippen LogP contribution is 2.69. The standard InChI is InChI=1S/C16H21O12P3.C15H20NO12P3S.C13H18NO12P3S/c1-10-6-11-4-2-3-5-12(11)7-13(10)15-8-14(17)16(26-15)9-25-30(21,22)28-31(23,24)27-29(18,19)20;1-9-2-3-11-10(6-9)4-5-16(15(11)32)14-7-12(17)13(26-14)8-25-30(21,22)28-31(23,24)27-29(18,19)20;1-8-13-9(3-5-30-13)2-4-14(8)12-6-10(15)11(24-12)7-23-28(19,20)26-29(21,22)25-27(16,17)18/h2-7,14-17H,8-9H2,1H3,(H,21,22)(H,23,24)(H2,18,19,20);2-6,12-14,17H,7-8H2,1H3,(H,21,22)(H,23,24)(H2,18,19,20);2-5,10-12,15H,1,6-7H2,(H,19,20)(H,21,22)(H2,16,17,18)/t14?,15-,16-;12?,13-,14-;10?,11-,12-/m111/s1. The first-order chi connectivity index (χ1) is 42.7. The van der Waals surface area contributed by atoms with Gasteiger partial charge in [-0.1, -0.05) is 72.9 Å². The maximum Gasteiger partial charge on any atom is 0.490 e. The van der Waals surface area contributed by atoms with Gasteiger partial charge in [0.15, 0.2) is 0 Å². The van der Waals surface area contributed by atoms with Crippen LogP contribution in [0.4, 0.5) is 0 Å². The molecule has 9 rings (SSSR count). The third-order valence-electron chi connectivity index (χ3n) is 13.0. The molecule has 3 saturated heterocycles. The third kappa shape index (κ3) is 23.3. The fraction of sp³-hybridized carbons (Fsp3) is 0.386. The van der Waals surface area contributed by atoms with Crippen molar-refractivity contribution in [1.29, 1.82) is 0 Å². The van der Waals surface area contributed by atoms with Gasteiger partial charge in [0.1, 0.15) is 35.4 Å². The summed E-state index contributed by atoms with van der Waals surface area (Å²) in [5.41, 5.74) is 4.43. The molecular weight excluding hydrogens is 1480 g/mol. The second-order valence-corrected chi connectivity index (χ2v) is 34.6. The van der Waals surface area contributed by atoms with E-state index >= 15 is 0 Å². The highest BCUT2D eigenvalue weighted by molar-refractivity contribution is 7.71. The zero-order valence-corrected chi connectivity index (χ0v) is 57.0. The average Bonchev–Trinajstić information content (AvgIpc) is 1.65. The normalized spacial score (nSPS) is 26.5. The minimum Gasteiger partial charge on any atom is -0.390 e. The van der Waals surface area contributed by atoms with E-state index in [0.717, 1.165) is 48.7 Å². The van der Waals surface area contributed by atoms with Gasteiger partial charge in [-0.25, -0.2) is 41.1 Å². The molecule has 0 amide bonds. The monoisotopic (exact) mass is 1530 g/mol. The molecule has 0 saturated carbocycles. The summed E-state index contributed by atoms with van der Waals surface area (Å²) in [7, 11) is -49.2. The Bertz CT molecular complexity index is 4120. The van der Waals surface area contributed by atoms with Crippen molar-refractivity contribution >= 4 is 127 Å². The molecule has 49 heteroatoms. The van der Waals surface area contributed by atoms with Crippen LogP contribution in [0.1, 0.15) is 58.7 Å². The van der Waals surface area contributed by atoms with Crippen LogP contribution in [0.25, 0.3) is 33.3 Å². The van der Waals surface area contributed by atoms with Gasteiger partial charge in [-0.2, -0.15) is 25.9 Å². The number of nitrogens with zero attached hydrogens (tertiary/aromatic N) is 2. The van der Waals surface area contributed by atoms with E-state index in [9.17, 15) is 71.1 Å². The summed E-state index contributed by atoms with van der Waals surface area (Å²) in [5, 5.41) is 36.3. The van der Waals surface area contributed by atoms with Crippen LogP contribution < -0.4 is 0 Å². The Labute approximate surface area is 534 Å². The molecule has 15 atom stereocenters. The highest BCUT2D eigenvalue weighted by Gasteiger charge is 2.47. The van der Waals surface area contributed by atoms with Gasteiger partial charge in [0.05, 0.1) is 54.8 Å². The van der Waals surface area contributed by atoms with Gasteiger partial charge in [0.2, 0.25) is 0 Å². The molecule has 9 unspecified atom stereocenters. The first-order valence-corrected chi connectivity index (χ1v) is 40.7. The summed E-state index contributed by atoms with van der Waals surface area (Å²) in [6, 6.07) is 21.1. The molecule has 0 aliphatic carbocycles. The molecule has 38 nitrogen and oxygen atoms in total. The number of rotatable bonds is 24. The Kier molecular flexibility index (Phi) is 25.6. The Morgan fingerprint density at radius 1 is 0.548 bits per heavy atom. The predicted molar refractivity (Wildman–Crippen MR) is 322 cm³/mol. The third-order valence-corrected chi connectivity index (χ3v) is 25.8. The number of benzene rings is 3. The number of hydrogen-bond donors (Lipinski definition) is 15. The lowest BCUT2D eigenvalue weighted by Gasteiger charge is -2.31. The smallest absolute Gasteiger partial charge is 0.390 e. The summed E-state index contributed by atoms with van der Waals surface area (Å²) in [6.07, 6.45) is -2.98. The number of aryl methyl sites for hydroxylation is 2. The van der Waals surface area contributed by atoms with E-state index in [1.807, 2.05) is 92.0 Å². The van der Waals surface area contributed by atoms with Crippen LogP contribution in [0, 0.1) is 18.5 Å². The van der Waals surface area contributed by atoms with E-state index < -0.39 is 145 Å². The molecule has 518 valence electrons. The number of aliphatic hydroxyl groups excluding tert-OH is 3. The Hall–Kier alpha value is -2.48. The zero-order chi connectivity index (χ0) is 69.2. The van der Waals surface area contributed by atoms with Crippen molar-refractivity contribution in [2.45, 2.75) is 88.3 Å². The van der Waals surface area contributed by atoms with E-state index in [2.05, 4.69) is 46.0 Å². The van der Waals surface area contributed by atoms with Crippen LogP contribution in [-0.2, 0) is 94.7 Å². The molecule has 0 bridgehead atoms. The Morgan fingerprint density at radius 2 is 1.00 bits per heavy atom. The maximum absolute atomic E-state index is 11.8. The van der Waals surface area contributed by atoms with Crippen molar-refractivity contribution in [3.63, 3.8) is 0 Å². The molecule has 6 heterocycles. The number of pyridine rings is 1. The number of thiophene rings is 1. The fourth-order valence-electron chi connectivity index (χ4n) is 9.21. The summed E-state index contributed by atoms with van der Waals surface area (Å²) < 4.78 is 156. The lowest BCUT2D eigenvalue weighted by atomic mass is 9.96. The van der Waals surface area contributed by atoms with Gasteiger partial charge in [0.25, 0.3) is 0 Å². The molecule has 2 aromatic heterocycles. The molecule has 4 aliphatic heterocycles. The minimum atomic E-state index is -5.63. The van der Waals surface area contributed by atoms with E-state index in [0.29, 0.717) is 10.3 Å². The lowest BCUT2D eigenvalue weighted by molar-refractivity contribution is -0.0496. The van der Waals surface area contributed by atoms with Crippen molar-refractivity contribution < 1.29 is 169 Å². The summed E-state index contributed by atoms with van der Waals surface area (Å²) in [6.45, 7) is 5.67. The number of phosphoric ester groups is 3. The molecule has 4 aliphatic rings. The molecule has 3 fully saturated rings. The summed E-state index contributed by atoms with van der Waals surface area (Å²) in [4.78, 5) is 110. The number of fused-ring (bicyclic) bond motifs is 3. The van der Waals surface area contributed by atoms with Gasteiger partial charge in [-0.3, -0.25) is 13.6 Å². The average molecular weight is 1530 g/mol. The van der Waals surface area contributed by atoms with E-state index in [1.165, 1.54) is 11.3 Å². The van der Waals surface area contributed by atoms with E-state index in [-0.39, 0.29) is 19.3 Å². The molecule has 3 aromatic carbocycles. The van der Waals surface area contributed by atoms with Gasteiger partial charge in [0, 0.05) is 37.0 Å². The predicted octanol–water partition coefficient (Wildman–Crippen LogP) is 7.18. The van der Waals surface area contributed by atoms with Crippen LogP contribution in [0.2, 0.25) is 0 Å². The van der Waals surface area contributed by atoms with Gasteiger partial charge in [-0.15, -0.1) is 11.3 Å². The minimum absolute atomic E-state index is 0.0656. The Morgan fingerprint density at radius 3 is 1.49 bits per heavy atom. The van der Waals surface area contributed by atoms with Gasteiger partial charge in [-0.05, 0) is 76.4 Å². The number of phosphoric acid groups is 9. The first kappa shape index (κ1) is 77.9. The summed E-state index contributed by atoms with van der Waals surface area (Å²) >= 11 is 6.99. The molecule has 0 spiro atoms. The van der Waals surface area contributed by atoms with Crippen molar-refractivity contribution in [2.24, 2.45) is 0 Å². The van der Waals surface area contributed by atoms with E-state index in [4.69, 9.17) is 70.5 Å². The van der Waals surface area contributed by atoms with Gasteiger partial charge >= 0.3 is 70.4 Å². The molecule has 93 heavy (non-hydrogen) atoms. The van der Waals surface area contributed by atoms with E-state index in [1.54, 1.807) is 21.9 Å². The van der Waals surface area contributed by atoms with Gasteiger partial charge < -0.3 is 97.7 Å². The lowest BCUT2D eigenvalue weighted by Crippen LogP contribution is -2.31. The van der Waals surface area contributed by atoms with Crippen LogP contribution in [0.5, 0.6) is 0 Å². The number of hydrogen-bond acceptors (Lipinski definition) is 27. The molecular formula is C44H59N2O36P9S2. The number of ether oxygens (including phenoxy) is 3. The van der Waals surface area contributed by atoms with Crippen molar-refractivity contribution in [1.82, 2.24) is 9.47 Å². The van der Waals surface area contributed by atoms with Crippen molar-refractivity contribution in [2.75, 3.05) is 19.8 Å². The largest absolute Gasteiger partial charge is 0.490 e. The van der Waals surface area contributed by atoms with Crippen LogP contribution >= 0.6 is 94.0 Å². The summed E-state index contributed by atoms with van der Waals surface area (Å²) in [5.74, 6) is 0. The quantitative estimate of drug-likeness (QED) is 0.0215. The second-order valence-electron chi connectivity index (χ2n) is 20.0. The van der Waals surface area contributed by atoms with Crippen LogP contribution in [-0.4, -0.2) is 146 Å². The second kappa shape index (κ2) is 30.6. The Balaban J connectivity index is 0.000000198. The fourth-order valence-corrected chi connectivity index (χ4v) is 19.5. The highest BCUT2D eigenvalue weighted by atomic mass is 32.1. The van der Waals surface area contributed by atoms with Crippen molar-refractivity contribution in [3.8, 4) is 0 Å². The maximum atomic E-state index is 11.8. The number of aromatic nitrogens is 1. The van der Waals surface area contributed by atoms with Crippen LogP contribution in [0.3, 0.4) is 0 Å². The molecule has 15 N–H and O–H groups in total. The topological polar surface area (TPSA) is 576 Å². The molecule has 0 radical (unpaired) electrons. The molecule has 5 aromatic rings.